The Morgan fingerprint density at radius 3 is 1.26 bits per heavy atom. The highest BCUT2D eigenvalue weighted by Crippen LogP contribution is 2.74. The average molecular weight is 1990 g/mol. The molecule has 0 bridgehead atoms. The van der Waals surface area contributed by atoms with Gasteiger partial charge in [0.1, 0.15) is 28.7 Å². The molecule has 4 aromatic carbocycles. The third-order valence-corrected chi connectivity index (χ3v) is 40.5. The predicted molar refractivity (Wildman–Crippen MR) is 545 cm³/mol. The number of aliphatic hydroxyl groups is 8. The lowest BCUT2D eigenvalue weighted by Gasteiger charge is -2.59. The lowest BCUT2D eigenvalue weighted by Crippen LogP contribution is -2.63. The maximum Gasteiger partial charge on any atom is 0.258 e. The Morgan fingerprint density at radius 2 is 0.800 bits per heavy atom. The summed E-state index contributed by atoms with van der Waals surface area (Å²) in [5.41, 5.74) is -1.91. The van der Waals surface area contributed by atoms with Crippen LogP contribution in [0.5, 0.6) is 11.8 Å². The number of pyridine rings is 1. The highest BCUT2D eigenvalue weighted by Gasteiger charge is 2.75. The molecule has 30 atom stereocenters. The molecule has 27 nitrogen and oxygen atoms in total. The van der Waals surface area contributed by atoms with E-state index in [9.17, 15) is 79.2 Å². The summed E-state index contributed by atoms with van der Waals surface area (Å²) in [5, 5.41) is 102. The van der Waals surface area contributed by atoms with Crippen LogP contribution in [-0.2, 0) is 38.4 Å². The smallest absolute Gasteiger partial charge is 0.258 e. The zero-order valence-electron chi connectivity index (χ0n) is 83.7. The predicted octanol–water partition coefficient (Wildman–Crippen LogP) is 16.1. The molecule has 0 spiro atoms. The van der Waals surface area contributed by atoms with Gasteiger partial charge in [-0.05, 0) is 278 Å². The number of amides is 2. The first-order valence-electron chi connectivity index (χ1n) is 51.9. The third-order valence-electron chi connectivity index (χ3n) is 40.3. The van der Waals surface area contributed by atoms with Crippen LogP contribution >= 0.6 is 11.6 Å². The van der Waals surface area contributed by atoms with Gasteiger partial charge in [-0.3, -0.25) is 48.3 Å². The van der Waals surface area contributed by atoms with E-state index in [-0.39, 0.29) is 153 Å². The molecule has 145 heavy (non-hydrogen) atoms. The van der Waals surface area contributed by atoms with E-state index in [1.54, 1.807) is 73.0 Å². The molecular formula is C117H130ClN9O18. The van der Waals surface area contributed by atoms with Crippen LogP contribution in [0.4, 0.5) is 11.5 Å². The first-order valence-corrected chi connectivity index (χ1v) is 52.3. The summed E-state index contributed by atoms with van der Waals surface area (Å²) < 4.78 is 11.6. The molecule has 12 saturated carbocycles. The van der Waals surface area contributed by atoms with Crippen LogP contribution in [0, 0.1) is 126 Å². The number of aromatic nitrogens is 7. The molecule has 0 radical (unpaired) electrons. The Balaban J connectivity index is 0.000000114. The van der Waals surface area contributed by atoms with Gasteiger partial charge < -0.3 is 61.0 Å². The minimum atomic E-state index is -1.65. The topological polar surface area (TPSA) is 431 Å². The summed E-state index contributed by atoms with van der Waals surface area (Å²) in [7, 11) is 0. The van der Waals surface area contributed by atoms with Crippen LogP contribution in [0.1, 0.15) is 185 Å². The van der Waals surface area contributed by atoms with Crippen molar-refractivity contribution in [3.8, 4) is 11.8 Å². The van der Waals surface area contributed by atoms with Crippen molar-refractivity contribution in [1.29, 1.82) is 0 Å². The van der Waals surface area contributed by atoms with E-state index in [4.69, 9.17) is 21.1 Å². The van der Waals surface area contributed by atoms with Gasteiger partial charge in [0.15, 0.2) is 42.2 Å². The van der Waals surface area contributed by atoms with Crippen LogP contribution in [-0.4, -0.2) is 182 Å². The van der Waals surface area contributed by atoms with Crippen molar-refractivity contribution in [1.82, 2.24) is 34.9 Å². The number of ketones is 6. The zero-order chi connectivity index (χ0) is 102. The highest BCUT2D eigenvalue weighted by molar-refractivity contribution is 6.31. The van der Waals surface area contributed by atoms with Crippen LogP contribution in [0.25, 0.3) is 43.9 Å². The van der Waals surface area contributed by atoms with E-state index in [0.717, 1.165) is 108 Å². The van der Waals surface area contributed by atoms with E-state index >= 15 is 0 Å². The summed E-state index contributed by atoms with van der Waals surface area (Å²) in [4.78, 5) is 133. The lowest BCUT2D eigenvalue weighted by molar-refractivity contribution is -0.183. The van der Waals surface area contributed by atoms with E-state index in [2.05, 4.69) is 73.2 Å². The number of hydrogen-bond donors (Lipinski definition) is 10. The molecule has 0 aliphatic heterocycles. The van der Waals surface area contributed by atoms with Gasteiger partial charge in [-0.2, -0.15) is 0 Å². The number of ether oxygens (including phenoxy) is 2. The quantitative estimate of drug-likeness (QED) is 0.0543. The third kappa shape index (κ3) is 15.6. The molecule has 758 valence electrons. The van der Waals surface area contributed by atoms with E-state index in [0.29, 0.717) is 89.8 Å². The fourth-order valence-electron chi connectivity index (χ4n) is 33.1. The maximum atomic E-state index is 13.8. The number of allylic oxidation sites excluding steroid dienone is 16. The van der Waals surface area contributed by atoms with Crippen LogP contribution in [0.2, 0.25) is 5.02 Å². The first kappa shape index (κ1) is 99.7. The molecule has 16 aliphatic carbocycles. The van der Waals surface area contributed by atoms with E-state index < -0.39 is 91.5 Å². The second-order valence-corrected chi connectivity index (χ2v) is 47.4. The second kappa shape index (κ2) is 36.1. The standard InChI is InChI=1S/C30H33ClN2O5.C30H34N2O5.C29H32N2O4.C28H31N3O4/c1-16-10-22-20-6-4-17-11-19(34)8-9-28(17,2)26(20)24(35)13-29(22,3)30(16,37)25(36)14-38-27-21-7-5-18(31)12-23(21)32-15-33-27;1-17-12-21-20-9-8-18-13-19(33)10-11-28(18,2)27(20)24(34)14-29(21,3)30(17,36)25(35)16-37-26-15-31-22-6-4-5-7-23(22)32-26;1-27-11-9-20(32)14-18(27)7-8-21-22-10-12-29(35,28(22,2)15-24(33)25(21)27)26(34)31-19-13-17-5-3-4-6-23(17)30-16-19;1-26-11-9-17(32)13-16(26)7-8-18-19-10-12-28(35,27(19,2)14-22(33)24(18)26)25(34)31-23-15-29-20-5-3-4-6-21(20)30-23/h5,7-9,11-12,15-16,20,22,24,26,35,37H,4,6,10,13-14H2,1-3H3;4-7,10-11,13,15,17,20-21,24,27,34,36H,8-9,12,14,16H2,1-3H3;3-6,9,11,13-14,16,21-22,24-25,33,35H,7-8,10,12,15H2,1-2H3,(H,31,34);3-6,9,11,13,15,18-19,22,24,33,35H,7-8,10,12,14H2,1-2H3,(H,30,31,34)/t16-,20?,22?,24+,26?,28?,29?,30+;17-,20?,21?,24+,27?,28?,29?,30+;21?,22?,24-,25?,27?,28?,29-;18?,19?,22-,24?,26?,27?,28-/m1100/s1. The normalized spacial score (nSPS) is 40.1. The van der Waals surface area contributed by atoms with Gasteiger partial charge in [0.05, 0.1) is 87.2 Å². The number of hydrogen-bond acceptors (Lipinski definition) is 25. The SMILES string of the molecule is CC12C=CC(=O)C=C1CCC1C2[C@@H](O)CC2(C)C1CC[C@]2(O)C(=O)Nc1cnc2ccccc2c1.CC12C=CC(=O)C=C1CCC1C2[C@@H](O)CC2(C)C1CC[C@]2(O)C(=O)Nc1cnc2ccccc2n1.C[C@@H]1CC2C3CCC4=CC(=O)C=CC4(C)C3[C@@H](O)CC2(C)[C@@]1(O)C(=O)COc1cnc2ccccc2n1.C[C@@H]1CC2C3CCC4=CC(=O)C=CC4(C)C3[C@@H](O)CC2(C)[C@@]1(O)C(=O)COc1ncnc2cc(Cl)ccc12. The summed E-state index contributed by atoms with van der Waals surface area (Å²) in [5.74, 6) is -0.641. The van der Waals surface area contributed by atoms with Crippen LogP contribution in [0.15, 0.2) is 217 Å². The number of nitrogens with one attached hydrogen (secondary N) is 2. The number of halogens is 1. The molecule has 28 heteroatoms. The van der Waals surface area contributed by atoms with Gasteiger partial charge >= 0.3 is 0 Å². The number of anilines is 2. The molecule has 8 aromatic rings. The van der Waals surface area contributed by atoms with Gasteiger partial charge in [-0.15, -0.1) is 0 Å². The van der Waals surface area contributed by atoms with Crippen molar-refractivity contribution in [2.45, 2.75) is 232 Å². The largest absolute Gasteiger partial charge is 0.469 e. The van der Waals surface area contributed by atoms with Crippen LogP contribution in [0.3, 0.4) is 0 Å². The number of fused-ring (bicyclic) bond motifs is 24. The van der Waals surface area contributed by atoms with Crippen molar-refractivity contribution < 1.29 is 88.7 Å². The molecule has 10 N–H and O–H groups in total. The van der Waals surface area contributed by atoms with Gasteiger partial charge in [-0.25, -0.2) is 24.9 Å². The van der Waals surface area contributed by atoms with Gasteiger partial charge in [0.2, 0.25) is 23.3 Å². The molecule has 0 saturated heterocycles. The number of Topliss-reactive ketones (excluding diaryl/α,β-unsaturated/α-hetero) is 2. The number of carbonyl (C=O) groups excluding carboxylic acids is 8. The number of aliphatic hydroxyl groups excluding tert-OH is 4. The molecule has 24 rings (SSSR count). The van der Waals surface area contributed by atoms with E-state index in [1.807, 2.05) is 145 Å². The summed E-state index contributed by atoms with van der Waals surface area (Å²) in [6.45, 7) is 19.6. The van der Waals surface area contributed by atoms with Crippen molar-refractivity contribution in [3.63, 3.8) is 0 Å². The Labute approximate surface area is 847 Å². The Hall–Kier alpha value is -11.2. The fraction of sp³-hybridized carbons (Fsp3) is 0.513. The molecule has 16 aliphatic rings. The van der Waals surface area contributed by atoms with Gasteiger partial charge in [0, 0.05) is 77.4 Å². The maximum absolute atomic E-state index is 13.8. The van der Waals surface area contributed by atoms with Crippen molar-refractivity contribution in [2.75, 3.05) is 23.8 Å². The van der Waals surface area contributed by atoms with Gasteiger partial charge in [-0.1, -0.05) is 170 Å². The Bertz CT molecular complexity index is 6800. The molecule has 2 amide bonds. The van der Waals surface area contributed by atoms with Crippen molar-refractivity contribution in [3.05, 3.63) is 222 Å². The molecule has 12 fully saturated rings. The van der Waals surface area contributed by atoms with E-state index in [1.165, 1.54) is 18.7 Å². The number of rotatable bonds is 12. The van der Waals surface area contributed by atoms with Crippen LogP contribution < -0.4 is 20.1 Å². The summed E-state index contributed by atoms with van der Waals surface area (Å²) >= 11 is 6.08. The second-order valence-electron chi connectivity index (χ2n) is 47.0. The minimum absolute atomic E-state index is 0.0000798. The van der Waals surface area contributed by atoms with Crippen molar-refractivity contribution >= 4 is 113 Å². The summed E-state index contributed by atoms with van der Waals surface area (Å²) in [6.07, 6.45) is 36.0. The number of carbonyl (C=O) groups is 8. The fourth-order valence-corrected chi connectivity index (χ4v) is 33.3. The van der Waals surface area contributed by atoms with Crippen molar-refractivity contribution in [2.24, 2.45) is 126 Å². The molecule has 20 unspecified atom stereocenters. The molecule has 4 aromatic heterocycles. The highest BCUT2D eigenvalue weighted by atomic mass is 35.5. The zero-order valence-corrected chi connectivity index (χ0v) is 84.4. The average Bonchev–Trinajstić information content (AvgIpc) is 1.56. The number of nitrogens with zero attached hydrogens (tertiary/aromatic N) is 7. The first-order chi connectivity index (χ1) is 68.9. The minimum Gasteiger partial charge on any atom is -0.469 e. The monoisotopic (exact) mass is 1980 g/mol. The summed E-state index contributed by atoms with van der Waals surface area (Å²) in [6, 6.07) is 29.6. The lowest BCUT2D eigenvalue weighted by atomic mass is 9.46. The van der Waals surface area contributed by atoms with Gasteiger partial charge in [0.25, 0.3) is 11.8 Å². The number of benzene rings is 4. The Morgan fingerprint density at radius 1 is 0.414 bits per heavy atom. The molecule has 4 heterocycles. The molecular weight excluding hydrogens is 1850 g/mol. The Kier molecular flexibility index (Phi) is 24.8. The number of para-hydroxylation sites is 5.